The van der Waals surface area contributed by atoms with E-state index in [9.17, 15) is 14.7 Å². The third kappa shape index (κ3) is 4.84. The molecule has 21 heavy (non-hydrogen) atoms. The van der Waals surface area contributed by atoms with Crippen molar-refractivity contribution in [2.75, 3.05) is 6.54 Å². The molecule has 1 N–H and O–H groups in total. The van der Waals surface area contributed by atoms with Gasteiger partial charge in [0.15, 0.2) is 0 Å². The van der Waals surface area contributed by atoms with Crippen molar-refractivity contribution < 1.29 is 14.7 Å². The Bertz CT molecular complexity index is 458. The number of amides is 1. The van der Waals surface area contributed by atoms with Gasteiger partial charge in [-0.3, -0.25) is 4.79 Å². The van der Waals surface area contributed by atoms with Crippen molar-refractivity contribution in [3.8, 4) is 0 Å². The van der Waals surface area contributed by atoms with Crippen LogP contribution in [0.4, 0.5) is 0 Å². The minimum atomic E-state index is -0.860. The van der Waals surface area contributed by atoms with Crippen molar-refractivity contribution in [2.24, 2.45) is 0 Å². The second kappa shape index (κ2) is 8.17. The smallest absolute Gasteiger partial charge is 0.326 e. The molecule has 0 spiro atoms. The van der Waals surface area contributed by atoms with Gasteiger partial charge in [-0.25, -0.2) is 4.79 Å². The van der Waals surface area contributed by atoms with E-state index in [1.54, 1.807) is 16.2 Å². The fourth-order valence-electron chi connectivity index (χ4n) is 2.84. The number of likely N-dealkylation sites (tertiary alicyclic amines) is 1. The van der Waals surface area contributed by atoms with Gasteiger partial charge in [0.05, 0.1) is 0 Å². The number of carboxylic acid groups (broad SMARTS) is 1. The zero-order valence-electron chi connectivity index (χ0n) is 12.3. The first-order valence-electron chi connectivity index (χ1n) is 7.73. The Balaban J connectivity index is 1.67. The van der Waals surface area contributed by atoms with Gasteiger partial charge in [0.1, 0.15) is 6.04 Å². The lowest BCUT2D eigenvalue weighted by Gasteiger charge is -2.33. The van der Waals surface area contributed by atoms with E-state index in [1.807, 2.05) is 0 Å². The molecule has 0 saturated carbocycles. The second-order valence-corrected chi connectivity index (χ2v) is 6.61. The van der Waals surface area contributed by atoms with Gasteiger partial charge in [0, 0.05) is 17.8 Å². The minimum Gasteiger partial charge on any atom is -0.480 e. The van der Waals surface area contributed by atoms with E-state index in [2.05, 4.69) is 17.5 Å². The maximum Gasteiger partial charge on any atom is 0.326 e. The van der Waals surface area contributed by atoms with Crippen LogP contribution in [0.1, 0.15) is 49.8 Å². The van der Waals surface area contributed by atoms with Crippen molar-refractivity contribution >= 4 is 23.2 Å². The van der Waals surface area contributed by atoms with Crippen LogP contribution in [0.15, 0.2) is 17.5 Å². The summed E-state index contributed by atoms with van der Waals surface area (Å²) in [6.07, 6.45) is 6.95. The van der Waals surface area contributed by atoms with E-state index in [0.717, 1.165) is 38.5 Å². The number of rotatable bonds is 7. The molecule has 4 nitrogen and oxygen atoms in total. The maximum absolute atomic E-state index is 12.2. The molecule has 1 aliphatic heterocycles. The topological polar surface area (TPSA) is 57.6 Å². The molecule has 1 aromatic rings. The largest absolute Gasteiger partial charge is 0.480 e. The van der Waals surface area contributed by atoms with Gasteiger partial charge in [-0.2, -0.15) is 0 Å². The highest BCUT2D eigenvalue weighted by atomic mass is 32.1. The van der Waals surface area contributed by atoms with Gasteiger partial charge in [-0.15, -0.1) is 11.3 Å². The number of carbonyl (C=O) groups excluding carboxylic acids is 1. The number of thiophene rings is 1. The SMILES string of the molecule is O=C(O)[C@H]1CCCCN1C(=O)CCCCCc1cccs1. The first-order valence-corrected chi connectivity index (χ1v) is 8.61. The zero-order chi connectivity index (χ0) is 15.1. The molecule has 5 heteroatoms. The number of piperidine rings is 1. The second-order valence-electron chi connectivity index (χ2n) is 5.58. The Morgan fingerprint density at radius 2 is 2.14 bits per heavy atom. The van der Waals surface area contributed by atoms with Crippen molar-refractivity contribution in [1.29, 1.82) is 0 Å². The Morgan fingerprint density at radius 1 is 1.29 bits per heavy atom. The van der Waals surface area contributed by atoms with E-state index < -0.39 is 12.0 Å². The highest BCUT2D eigenvalue weighted by molar-refractivity contribution is 7.09. The lowest BCUT2D eigenvalue weighted by molar-refractivity contribution is -0.152. The summed E-state index contributed by atoms with van der Waals surface area (Å²) in [4.78, 5) is 26.3. The van der Waals surface area contributed by atoms with Crippen LogP contribution in [0.25, 0.3) is 0 Å². The molecule has 0 bridgehead atoms. The van der Waals surface area contributed by atoms with E-state index in [-0.39, 0.29) is 5.91 Å². The van der Waals surface area contributed by atoms with Crippen molar-refractivity contribution in [3.63, 3.8) is 0 Å². The number of hydrogen-bond donors (Lipinski definition) is 1. The van der Waals surface area contributed by atoms with Gasteiger partial charge in [-0.05, 0) is 50.0 Å². The number of nitrogens with zero attached hydrogens (tertiary/aromatic N) is 1. The molecule has 1 aliphatic rings. The number of hydrogen-bond acceptors (Lipinski definition) is 3. The fourth-order valence-corrected chi connectivity index (χ4v) is 3.59. The Labute approximate surface area is 129 Å². The van der Waals surface area contributed by atoms with E-state index >= 15 is 0 Å². The summed E-state index contributed by atoms with van der Waals surface area (Å²) in [6, 6.07) is 3.60. The fraction of sp³-hybridized carbons (Fsp3) is 0.625. The average Bonchev–Trinajstić information content (AvgIpc) is 3.00. The number of unbranched alkanes of at least 4 members (excludes halogenated alkanes) is 2. The van der Waals surface area contributed by atoms with Crippen LogP contribution in [0.5, 0.6) is 0 Å². The molecule has 2 heterocycles. The van der Waals surface area contributed by atoms with Gasteiger partial charge in [0.25, 0.3) is 0 Å². The van der Waals surface area contributed by atoms with Gasteiger partial charge < -0.3 is 10.0 Å². The third-order valence-corrected chi connectivity index (χ3v) is 4.94. The average molecular weight is 309 g/mol. The maximum atomic E-state index is 12.2. The summed E-state index contributed by atoms with van der Waals surface area (Å²) in [6.45, 7) is 0.602. The molecule has 1 saturated heterocycles. The molecule has 0 aromatic carbocycles. The molecule has 2 rings (SSSR count). The van der Waals surface area contributed by atoms with Crippen LogP contribution in [0, 0.1) is 0 Å². The van der Waals surface area contributed by atoms with Crippen molar-refractivity contribution in [2.45, 2.75) is 57.4 Å². The normalized spacial score (nSPS) is 18.7. The lowest BCUT2D eigenvalue weighted by atomic mass is 10.0. The van der Waals surface area contributed by atoms with E-state index in [4.69, 9.17) is 0 Å². The molecule has 0 unspecified atom stereocenters. The molecule has 1 atom stereocenters. The standard InChI is InChI=1S/C16H23NO3S/c18-15(17-11-5-4-9-14(17)16(19)20)10-3-1-2-7-13-8-6-12-21-13/h6,8,12,14H,1-5,7,9-11H2,(H,19,20)/t14-/m1/s1. The number of aliphatic carboxylic acids is 1. The molecule has 1 aromatic heterocycles. The van der Waals surface area contributed by atoms with Gasteiger partial charge in [-0.1, -0.05) is 12.5 Å². The van der Waals surface area contributed by atoms with Crippen LogP contribution < -0.4 is 0 Å². The number of aryl methyl sites for hydroxylation is 1. The van der Waals surface area contributed by atoms with Gasteiger partial charge >= 0.3 is 5.97 Å². The van der Waals surface area contributed by atoms with Crippen LogP contribution in [-0.2, 0) is 16.0 Å². The first kappa shape index (κ1) is 16.0. The molecule has 116 valence electrons. The first-order chi connectivity index (χ1) is 10.2. The summed E-state index contributed by atoms with van der Waals surface area (Å²) >= 11 is 1.77. The minimum absolute atomic E-state index is 0.0122. The van der Waals surface area contributed by atoms with Gasteiger partial charge in [0.2, 0.25) is 5.91 Å². The van der Waals surface area contributed by atoms with Crippen LogP contribution in [0.3, 0.4) is 0 Å². The predicted molar refractivity (Wildman–Crippen MR) is 83.5 cm³/mol. The van der Waals surface area contributed by atoms with E-state index in [1.165, 1.54) is 4.88 Å². The summed E-state index contributed by atoms with van der Waals surface area (Å²) in [5, 5.41) is 11.3. The molecule has 1 fully saturated rings. The summed E-state index contributed by atoms with van der Waals surface area (Å²) < 4.78 is 0. The molecule has 0 aliphatic carbocycles. The third-order valence-electron chi connectivity index (χ3n) is 4.00. The lowest BCUT2D eigenvalue weighted by Crippen LogP contribution is -2.47. The number of carbonyl (C=O) groups is 2. The summed E-state index contributed by atoms with van der Waals surface area (Å²) in [5.41, 5.74) is 0. The molecular weight excluding hydrogens is 286 g/mol. The molecule has 0 radical (unpaired) electrons. The Kier molecular flexibility index (Phi) is 6.23. The molecular formula is C16H23NO3S. The Morgan fingerprint density at radius 3 is 2.86 bits per heavy atom. The monoisotopic (exact) mass is 309 g/mol. The van der Waals surface area contributed by atoms with Crippen LogP contribution in [0.2, 0.25) is 0 Å². The van der Waals surface area contributed by atoms with Crippen LogP contribution in [-0.4, -0.2) is 34.5 Å². The van der Waals surface area contributed by atoms with Crippen molar-refractivity contribution in [3.05, 3.63) is 22.4 Å². The molecule has 1 amide bonds. The quantitative estimate of drug-likeness (QED) is 0.786. The summed E-state index contributed by atoms with van der Waals surface area (Å²) in [5.74, 6) is -0.848. The van der Waals surface area contributed by atoms with Crippen molar-refractivity contribution in [1.82, 2.24) is 4.90 Å². The Hall–Kier alpha value is -1.36. The highest BCUT2D eigenvalue weighted by Gasteiger charge is 2.31. The zero-order valence-corrected chi connectivity index (χ0v) is 13.1. The summed E-state index contributed by atoms with van der Waals surface area (Å²) in [7, 11) is 0. The number of carboxylic acids is 1. The highest BCUT2D eigenvalue weighted by Crippen LogP contribution is 2.19. The van der Waals surface area contributed by atoms with E-state index in [0.29, 0.717) is 19.4 Å². The predicted octanol–water partition coefficient (Wildman–Crippen LogP) is 3.32. The van der Waals surface area contributed by atoms with Crippen LogP contribution >= 0.6 is 11.3 Å².